The van der Waals surface area contributed by atoms with Gasteiger partial charge in [0.1, 0.15) is 0 Å². The number of hydrogen-bond donors (Lipinski definition) is 0. The molecule has 6 heteroatoms. The van der Waals surface area contributed by atoms with Gasteiger partial charge in [0, 0.05) is 0 Å². The summed E-state index contributed by atoms with van der Waals surface area (Å²) in [5.74, 6) is 0. The van der Waals surface area contributed by atoms with Gasteiger partial charge in [-0.25, -0.2) is 0 Å². The Hall–Kier alpha value is 1.72. The van der Waals surface area contributed by atoms with Crippen LogP contribution in [0.3, 0.4) is 0 Å². The van der Waals surface area contributed by atoms with Crippen LogP contribution in [0.4, 0.5) is 0 Å². The third-order valence-corrected chi connectivity index (χ3v) is 3.17. The maximum Gasteiger partial charge on any atom is 2.00 e. The predicted molar refractivity (Wildman–Crippen MR) is 59.9 cm³/mol. The molecule has 0 amide bonds. The molecule has 0 atom stereocenters. The minimum atomic E-state index is -2.31. The van der Waals surface area contributed by atoms with Crippen LogP contribution in [0.2, 0.25) is 0 Å². The monoisotopic (exact) mass is 333 g/mol. The summed E-state index contributed by atoms with van der Waals surface area (Å²) in [6.45, 7) is 5.27. The molecule has 2 nitrogen and oxygen atoms in total. The number of rotatable bonds is 6. The minimum absolute atomic E-state index is 0. The Morgan fingerprint density at radius 1 is 1.17 bits per heavy atom. The van der Waals surface area contributed by atoms with Gasteiger partial charge in [-0.05, 0) is 12.8 Å². The Labute approximate surface area is 102 Å². The van der Waals surface area contributed by atoms with Crippen molar-refractivity contribution in [1.29, 1.82) is 0 Å². The van der Waals surface area contributed by atoms with Crippen LogP contribution in [0.5, 0.6) is 0 Å². The summed E-state index contributed by atoms with van der Waals surface area (Å²) >= 11 is 9.91. The fraction of sp³-hybridized carbons (Fsp3) is 1.00. The Balaban J connectivity index is 0. The van der Waals surface area contributed by atoms with Crippen molar-refractivity contribution in [2.45, 2.75) is 26.7 Å². The smallest absolute Gasteiger partial charge is 0.691 e. The van der Waals surface area contributed by atoms with E-state index in [4.69, 9.17) is 33.1 Å². The summed E-state index contributed by atoms with van der Waals surface area (Å²) in [5.41, 5.74) is -2.31. The molecule has 0 aromatic carbocycles. The van der Waals surface area contributed by atoms with Crippen LogP contribution in [0.15, 0.2) is 0 Å². The molecule has 0 unspecified atom stereocenters. The van der Waals surface area contributed by atoms with Crippen molar-refractivity contribution in [2.24, 2.45) is 0 Å². The Bertz CT molecular complexity index is 134. The van der Waals surface area contributed by atoms with E-state index in [1.165, 1.54) is 0 Å². The third kappa shape index (κ3) is 9.80. The van der Waals surface area contributed by atoms with Crippen LogP contribution in [-0.2, 0) is 33.1 Å². The maximum atomic E-state index is 5.20. The summed E-state index contributed by atoms with van der Waals surface area (Å²) in [4.78, 5) is 0. The van der Waals surface area contributed by atoms with Gasteiger partial charge >= 0.3 is 23.9 Å². The van der Waals surface area contributed by atoms with Gasteiger partial charge in [-0.15, -0.1) is 0 Å². The molecule has 12 heavy (non-hydrogen) atoms. The van der Waals surface area contributed by atoms with Crippen LogP contribution in [-0.4, -0.2) is 37.1 Å². The van der Waals surface area contributed by atoms with Crippen LogP contribution >= 0.6 is 5.69 Å². The van der Waals surface area contributed by atoms with E-state index in [9.17, 15) is 0 Å². The van der Waals surface area contributed by atoms with Crippen LogP contribution in [0.25, 0.3) is 0 Å². The van der Waals surface area contributed by atoms with Crippen LogP contribution < -0.4 is 0 Å². The molecule has 2 radical (unpaired) electrons. The Morgan fingerprint density at radius 3 is 1.75 bits per heavy atom. The summed E-state index contributed by atoms with van der Waals surface area (Å²) < 4.78 is 10.4. The normalized spacial score (nSPS) is 10.9. The van der Waals surface area contributed by atoms with Gasteiger partial charge < -0.3 is 21.3 Å². The van der Waals surface area contributed by atoms with Crippen molar-refractivity contribution < 1.29 is 9.05 Å². The largest absolute Gasteiger partial charge is 2.00 e. The molecule has 0 aromatic rings. The minimum Gasteiger partial charge on any atom is -0.691 e. The second-order valence-electron chi connectivity index (χ2n) is 2.11. The average molecular weight is 332 g/mol. The first-order valence-electron chi connectivity index (χ1n) is 3.72. The van der Waals surface area contributed by atoms with E-state index in [0.717, 1.165) is 12.8 Å². The van der Waals surface area contributed by atoms with E-state index in [2.05, 4.69) is 0 Å². The standard InChI is InChI=1S/C6H15O2PS2.Sn/c1-3-5-7-9(10,11)8-6-4-2;/h3-6H2,1-2H3,(H,10,11);/q;+2/p-1. The van der Waals surface area contributed by atoms with Gasteiger partial charge in [0.25, 0.3) is 0 Å². The summed E-state index contributed by atoms with van der Waals surface area (Å²) in [6, 6.07) is 0. The Kier molecular flexibility index (Phi) is 12.5. The summed E-state index contributed by atoms with van der Waals surface area (Å²) in [7, 11) is 0. The second-order valence-corrected chi connectivity index (χ2v) is 7.10. The first kappa shape index (κ1) is 16.2. The Morgan fingerprint density at radius 2 is 1.50 bits per heavy atom. The molecule has 0 heterocycles. The SMILES string of the molecule is CCCOP(=S)([S-])OCCC.[Sn+2]. The quantitative estimate of drug-likeness (QED) is 0.422. The van der Waals surface area contributed by atoms with E-state index in [0.29, 0.717) is 13.2 Å². The van der Waals surface area contributed by atoms with Crippen molar-refractivity contribution in [3.05, 3.63) is 0 Å². The maximum absolute atomic E-state index is 5.20. The molecule has 70 valence electrons. The van der Waals surface area contributed by atoms with Gasteiger partial charge in [-0.3, -0.25) is 0 Å². The number of hydrogen-bond acceptors (Lipinski definition) is 4. The van der Waals surface area contributed by atoms with E-state index in [1.54, 1.807) is 0 Å². The molecule has 0 bridgehead atoms. The molecule has 0 rings (SSSR count). The van der Waals surface area contributed by atoms with Gasteiger partial charge in [-0.1, -0.05) is 25.7 Å². The van der Waals surface area contributed by atoms with Gasteiger partial charge in [-0.2, -0.15) is 0 Å². The zero-order valence-corrected chi connectivity index (χ0v) is 12.8. The molecule has 0 aliphatic rings. The molecule has 0 aromatic heterocycles. The summed E-state index contributed by atoms with van der Waals surface area (Å²) in [6.07, 6.45) is 1.87. The fourth-order valence-electron chi connectivity index (χ4n) is 0.443. The van der Waals surface area contributed by atoms with Crippen molar-refractivity contribution in [3.8, 4) is 0 Å². The van der Waals surface area contributed by atoms with Crippen LogP contribution in [0, 0.1) is 0 Å². The van der Waals surface area contributed by atoms with Crippen molar-refractivity contribution in [3.63, 3.8) is 0 Å². The first-order chi connectivity index (χ1) is 5.12. The topological polar surface area (TPSA) is 18.5 Å². The fourth-order valence-corrected chi connectivity index (χ4v) is 2.22. The zero-order chi connectivity index (χ0) is 8.74. The molecule has 0 aliphatic carbocycles. The molecular formula is C6H14O2PS2Sn+. The molecule has 0 fully saturated rings. The molecule has 0 N–H and O–H groups in total. The van der Waals surface area contributed by atoms with E-state index >= 15 is 0 Å². The van der Waals surface area contributed by atoms with Crippen molar-refractivity contribution in [2.75, 3.05) is 13.2 Å². The molecule has 0 spiro atoms. The van der Waals surface area contributed by atoms with Crippen LogP contribution in [0.1, 0.15) is 26.7 Å². The van der Waals surface area contributed by atoms with E-state index in [1.807, 2.05) is 13.8 Å². The third-order valence-electron chi connectivity index (χ3n) is 0.907. The predicted octanol–water partition coefficient (Wildman–Crippen LogP) is 2.23. The molecule has 0 aliphatic heterocycles. The van der Waals surface area contributed by atoms with E-state index in [-0.39, 0.29) is 23.9 Å². The average Bonchev–Trinajstić information content (AvgIpc) is 1.97. The van der Waals surface area contributed by atoms with Crippen molar-refractivity contribution in [1.82, 2.24) is 0 Å². The second kappa shape index (κ2) is 9.28. The van der Waals surface area contributed by atoms with E-state index < -0.39 is 5.69 Å². The molecule has 0 saturated heterocycles. The van der Waals surface area contributed by atoms with Gasteiger partial charge in [0.2, 0.25) is 0 Å². The zero-order valence-electron chi connectivity index (χ0n) is 7.41. The van der Waals surface area contributed by atoms with Crippen molar-refractivity contribution >= 4 is 53.7 Å². The van der Waals surface area contributed by atoms with Gasteiger partial charge in [0.05, 0.1) is 18.9 Å². The first-order valence-corrected chi connectivity index (χ1v) is 7.37. The molecule has 0 saturated carbocycles. The van der Waals surface area contributed by atoms with Gasteiger partial charge in [0.15, 0.2) is 0 Å². The summed E-state index contributed by atoms with van der Waals surface area (Å²) in [5, 5.41) is 0. The molecular weight excluding hydrogens is 318 g/mol.